The van der Waals surface area contributed by atoms with Crippen LogP contribution in [0.4, 0.5) is 0 Å². The number of rotatable bonds is 8. The summed E-state index contributed by atoms with van der Waals surface area (Å²) >= 11 is 12.0. The van der Waals surface area contributed by atoms with Gasteiger partial charge >= 0.3 is 0 Å². The maximum absolute atomic E-state index is 6.14. The standard InChI is InChI=1S/C18H19Cl2NO3/c1-12(2)8-13-4-5-15(23-7-6-22-3)10-17(13)24-18-16(20)9-14(19)11-21-18/h4-5,9-11H,1,6-8H2,2-3H3. The zero-order chi connectivity index (χ0) is 17.5. The van der Waals surface area contributed by atoms with E-state index in [9.17, 15) is 0 Å². The number of pyridine rings is 1. The quantitative estimate of drug-likeness (QED) is 0.467. The lowest BCUT2D eigenvalue weighted by molar-refractivity contribution is 0.146. The molecule has 0 aliphatic heterocycles. The fourth-order valence-electron chi connectivity index (χ4n) is 2.01. The van der Waals surface area contributed by atoms with Crippen molar-refractivity contribution in [2.75, 3.05) is 20.3 Å². The first-order valence-corrected chi connectivity index (χ1v) is 8.13. The summed E-state index contributed by atoms with van der Waals surface area (Å²) in [5.41, 5.74) is 1.98. The van der Waals surface area contributed by atoms with Crippen molar-refractivity contribution in [2.24, 2.45) is 0 Å². The fraction of sp³-hybridized carbons (Fsp3) is 0.278. The second kappa shape index (κ2) is 8.92. The molecule has 0 aliphatic carbocycles. The number of hydrogen-bond donors (Lipinski definition) is 0. The van der Waals surface area contributed by atoms with Gasteiger partial charge in [0.25, 0.3) is 0 Å². The highest BCUT2D eigenvalue weighted by Crippen LogP contribution is 2.34. The van der Waals surface area contributed by atoms with E-state index in [2.05, 4.69) is 11.6 Å². The van der Waals surface area contributed by atoms with E-state index in [0.717, 1.165) is 11.1 Å². The third-order valence-electron chi connectivity index (χ3n) is 3.07. The van der Waals surface area contributed by atoms with Gasteiger partial charge in [0, 0.05) is 19.4 Å². The molecule has 0 fully saturated rings. The first kappa shape index (κ1) is 18.6. The van der Waals surface area contributed by atoms with E-state index >= 15 is 0 Å². The molecule has 0 amide bonds. The highest BCUT2D eigenvalue weighted by Gasteiger charge is 2.11. The van der Waals surface area contributed by atoms with Crippen LogP contribution >= 0.6 is 23.2 Å². The van der Waals surface area contributed by atoms with Crippen molar-refractivity contribution >= 4 is 23.2 Å². The molecule has 24 heavy (non-hydrogen) atoms. The largest absolute Gasteiger partial charge is 0.491 e. The minimum Gasteiger partial charge on any atom is -0.491 e. The molecule has 2 rings (SSSR count). The lowest BCUT2D eigenvalue weighted by atomic mass is 10.1. The predicted octanol–water partition coefficient (Wildman–Crippen LogP) is 5.32. The number of halogens is 2. The Bertz CT molecular complexity index is 719. The number of benzene rings is 1. The van der Waals surface area contributed by atoms with Crippen molar-refractivity contribution in [1.29, 1.82) is 0 Å². The molecule has 6 heteroatoms. The number of hydrogen-bond acceptors (Lipinski definition) is 4. The molecule has 1 heterocycles. The number of nitrogens with zero attached hydrogens (tertiary/aromatic N) is 1. The molecule has 4 nitrogen and oxygen atoms in total. The maximum Gasteiger partial charge on any atom is 0.238 e. The van der Waals surface area contributed by atoms with Gasteiger partial charge in [-0.3, -0.25) is 0 Å². The third kappa shape index (κ3) is 5.41. The summed E-state index contributed by atoms with van der Waals surface area (Å²) in [4.78, 5) is 4.13. The van der Waals surface area contributed by atoms with Crippen LogP contribution in [0.1, 0.15) is 12.5 Å². The lowest BCUT2D eigenvalue weighted by Gasteiger charge is -2.14. The van der Waals surface area contributed by atoms with Crippen LogP contribution in [0.15, 0.2) is 42.6 Å². The predicted molar refractivity (Wildman–Crippen MR) is 96.7 cm³/mol. The molecule has 0 N–H and O–H groups in total. The SMILES string of the molecule is C=C(C)Cc1ccc(OCCOC)cc1Oc1ncc(Cl)cc1Cl. The van der Waals surface area contributed by atoms with Gasteiger partial charge in [-0.15, -0.1) is 0 Å². The summed E-state index contributed by atoms with van der Waals surface area (Å²) in [5.74, 6) is 1.58. The molecular weight excluding hydrogens is 349 g/mol. The van der Waals surface area contributed by atoms with Gasteiger partial charge in [0.1, 0.15) is 23.1 Å². The van der Waals surface area contributed by atoms with Gasteiger partial charge in [-0.25, -0.2) is 4.98 Å². The molecule has 0 atom stereocenters. The summed E-state index contributed by atoms with van der Waals surface area (Å²) in [5, 5.41) is 0.792. The molecule has 1 aromatic carbocycles. The molecule has 0 bridgehead atoms. The number of ether oxygens (including phenoxy) is 3. The van der Waals surface area contributed by atoms with Crippen molar-refractivity contribution in [1.82, 2.24) is 4.98 Å². The van der Waals surface area contributed by atoms with Crippen LogP contribution < -0.4 is 9.47 Å². The first-order valence-electron chi connectivity index (χ1n) is 7.37. The van der Waals surface area contributed by atoms with Crippen LogP contribution in [-0.2, 0) is 11.2 Å². The second-order valence-corrected chi connectivity index (χ2v) is 6.13. The van der Waals surface area contributed by atoms with Crippen LogP contribution in [0.25, 0.3) is 0 Å². The van der Waals surface area contributed by atoms with E-state index in [0.29, 0.717) is 41.2 Å². The van der Waals surface area contributed by atoms with E-state index in [4.69, 9.17) is 37.4 Å². The number of allylic oxidation sites excluding steroid dienone is 1. The Hall–Kier alpha value is -1.75. The third-order valence-corrected chi connectivity index (χ3v) is 3.55. The average molecular weight is 368 g/mol. The lowest BCUT2D eigenvalue weighted by Crippen LogP contribution is -2.04. The van der Waals surface area contributed by atoms with E-state index < -0.39 is 0 Å². The molecule has 0 aliphatic rings. The van der Waals surface area contributed by atoms with Crippen LogP contribution in [0.2, 0.25) is 10.0 Å². The minimum atomic E-state index is 0.290. The first-order chi connectivity index (χ1) is 11.5. The highest BCUT2D eigenvalue weighted by molar-refractivity contribution is 6.35. The Labute approximate surface area is 152 Å². The van der Waals surface area contributed by atoms with Gasteiger partial charge in [0.2, 0.25) is 5.88 Å². The van der Waals surface area contributed by atoms with Gasteiger partial charge in [-0.05, 0) is 31.0 Å². The zero-order valence-electron chi connectivity index (χ0n) is 13.6. The summed E-state index contributed by atoms with van der Waals surface area (Å²) < 4.78 is 16.5. The van der Waals surface area contributed by atoms with Gasteiger partial charge in [-0.2, -0.15) is 0 Å². The number of methoxy groups -OCH3 is 1. The molecule has 2 aromatic rings. The van der Waals surface area contributed by atoms with Crippen LogP contribution in [-0.4, -0.2) is 25.3 Å². The fourth-order valence-corrected chi connectivity index (χ4v) is 2.43. The smallest absolute Gasteiger partial charge is 0.238 e. The Morgan fingerprint density at radius 3 is 2.67 bits per heavy atom. The van der Waals surface area contributed by atoms with Crippen molar-refractivity contribution in [2.45, 2.75) is 13.3 Å². The van der Waals surface area contributed by atoms with Gasteiger partial charge in [-0.1, -0.05) is 41.4 Å². The average Bonchev–Trinajstić information content (AvgIpc) is 2.52. The van der Waals surface area contributed by atoms with Crippen molar-refractivity contribution in [3.05, 3.63) is 58.2 Å². The van der Waals surface area contributed by atoms with E-state index in [1.54, 1.807) is 19.2 Å². The number of aromatic nitrogens is 1. The van der Waals surface area contributed by atoms with Gasteiger partial charge in [0.15, 0.2) is 0 Å². The Kier molecular flexibility index (Phi) is 6.91. The monoisotopic (exact) mass is 367 g/mol. The second-order valence-electron chi connectivity index (χ2n) is 5.29. The van der Waals surface area contributed by atoms with E-state index in [-0.39, 0.29) is 5.88 Å². The topological polar surface area (TPSA) is 40.6 Å². The van der Waals surface area contributed by atoms with Gasteiger partial charge < -0.3 is 14.2 Å². The maximum atomic E-state index is 6.14. The molecule has 0 unspecified atom stereocenters. The Morgan fingerprint density at radius 2 is 2.00 bits per heavy atom. The molecule has 1 aromatic heterocycles. The minimum absolute atomic E-state index is 0.290. The molecule has 128 valence electrons. The zero-order valence-corrected chi connectivity index (χ0v) is 15.2. The molecule has 0 saturated carbocycles. The van der Waals surface area contributed by atoms with Crippen molar-refractivity contribution in [3.8, 4) is 17.4 Å². The van der Waals surface area contributed by atoms with E-state index in [1.807, 2.05) is 19.1 Å². The van der Waals surface area contributed by atoms with Crippen molar-refractivity contribution < 1.29 is 14.2 Å². The van der Waals surface area contributed by atoms with Crippen LogP contribution in [0.3, 0.4) is 0 Å². The summed E-state index contributed by atoms with van der Waals surface area (Å²) in [6, 6.07) is 7.22. The van der Waals surface area contributed by atoms with E-state index in [1.165, 1.54) is 6.20 Å². The Morgan fingerprint density at radius 1 is 1.21 bits per heavy atom. The van der Waals surface area contributed by atoms with Crippen LogP contribution in [0, 0.1) is 0 Å². The summed E-state index contributed by atoms with van der Waals surface area (Å²) in [6.45, 7) is 6.87. The molecular formula is C18H19Cl2NO3. The summed E-state index contributed by atoms with van der Waals surface area (Å²) in [7, 11) is 1.63. The Balaban J connectivity index is 2.28. The summed E-state index contributed by atoms with van der Waals surface area (Å²) in [6.07, 6.45) is 2.17. The molecule has 0 spiro atoms. The van der Waals surface area contributed by atoms with Gasteiger partial charge in [0.05, 0.1) is 11.6 Å². The van der Waals surface area contributed by atoms with Crippen molar-refractivity contribution in [3.63, 3.8) is 0 Å². The van der Waals surface area contributed by atoms with Crippen LogP contribution in [0.5, 0.6) is 17.4 Å². The molecule has 0 saturated heterocycles. The molecule has 0 radical (unpaired) electrons. The normalized spacial score (nSPS) is 10.5. The highest BCUT2D eigenvalue weighted by atomic mass is 35.5.